The van der Waals surface area contributed by atoms with Crippen molar-refractivity contribution in [2.24, 2.45) is 0 Å². The third kappa shape index (κ3) is 6.44. The van der Waals surface area contributed by atoms with Gasteiger partial charge in [-0.1, -0.05) is 6.07 Å². The quantitative estimate of drug-likeness (QED) is 0.277. The Morgan fingerprint density at radius 2 is 1.89 bits per heavy atom. The lowest BCUT2D eigenvalue weighted by Crippen LogP contribution is -2.16. The molecule has 11 nitrogen and oxygen atoms in total. The van der Waals surface area contributed by atoms with Gasteiger partial charge in [-0.05, 0) is 50.2 Å². The minimum Gasteiger partial charge on any atom is -0.494 e. The van der Waals surface area contributed by atoms with Crippen molar-refractivity contribution in [1.82, 2.24) is 4.98 Å². The van der Waals surface area contributed by atoms with Gasteiger partial charge in [-0.2, -0.15) is 0 Å². The standard InChI is InChI=1S/C23H25N5O6S/c1-4-35(32,33)27-20-11-9-17(14-22(20)34-3)26-23(29)16-8-10-19(21(13-16)28(30)31)25-15(2)18-7-5-6-12-24-18/h5-15,25,27H,4H2,1-3H3,(H,26,29). The zero-order valence-corrected chi connectivity index (χ0v) is 20.1. The van der Waals surface area contributed by atoms with E-state index in [-0.39, 0.29) is 40.2 Å². The van der Waals surface area contributed by atoms with Crippen LogP contribution in [0.4, 0.5) is 22.7 Å². The molecule has 1 unspecified atom stereocenters. The summed E-state index contributed by atoms with van der Waals surface area (Å²) in [6.45, 7) is 3.33. The van der Waals surface area contributed by atoms with Crippen LogP contribution in [0, 0.1) is 10.1 Å². The largest absolute Gasteiger partial charge is 0.494 e. The van der Waals surface area contributed by atoms with Crippen molar-refractivity contribution in [2.75, 3.05) is 28.2 Å². The first kappa shape index (κ1) is 25.4. The van der Waals surface area contributed by atoms with Gasteiger partial charge in [0.2, 0.25) is 10.0 Å². The van der Waals surface area contributed by atoms with Crippen LogP contribution in [-0.2, 0) is 10.0 Å². The van der Waals surface area contributed by atoms with E-state index in [0.717, 1.165) is 0 Å². The lowest BCUT2D eigenvalue weighted by molar-refractivity contribution is -0.384. The molecule has 1 aromatic heterocycles. The van der Waals surface area contributed by atoms with Gasteiger partial charge < -0.3 is 15.4 Å². The summed E-state index contributed by atoms with van der Waals surface area (Å²) in [5, 5.41) is 17.4. The van der Waals surface area contributed by atoms with Crippen molar-refractivity contribution in [3.05, 3.63) is 82.2 Å². The lowest BCUT2D eigenvalue weighted by atomic mass is 10.1. The number of hydrogen-bond donors (Lipinski definition) is 3. The number of nitro groups is 1. The summed E-state index contributed by atoms with van der Waals surface area (Å²) in [5.41, 5.74) is 1.31. The molecule has 0 aliphatic heterocycles. The van der Waals surface area contributed by atoms with Crippen LogP contribution in [0.3, 0.4) is 0 Å². The molecule has 1 heterocycles. The number of ether oxygens (including phenoxy) is 1. The molecule has 0 bridgehead atoms. The van der Waals surface area contributed by atoms with E-state index >= 15 is 0 Å². The Balaban J connectivity index is 1.80. The molecule has 1 amide bonds. The summed E-state index contributed by atoms with van der Waals surface area (Å²) < 4.78 is 31.3. The molecule has 0 aliphatic rings. The van der Waals surface area contributed by atoms with Crippen LogP contribution in [0.5, 0.6) is 5.75 Å². The van der Waals surface area contributed by atoms with Gasteiger partial charge in [0.25, 0.3) is 11.6 Å². The Morgan fingerprint density at radius 1 is 1.14 bits per heavy atom. The number of hydrogen-bond acceptors (Lipinski definition) is 8. The highest BCUT2D eigenvalue weighted by Crippen LogP contribution is 2.31. The molecular formula is C23H25N5O6S. The maximum atomic E-state index is 12.8. The predicted molar refractivity (Wildman–Crippen MR) is 133 cm³/mol. The maximum Gasteiger partial charge on any atom is 0.293 e. The summed E-state index contributed by atoms with van der Waals surface area (Å²) in [4.78, 5) is 28.1. The Kier molecular flexibility index (Phi) is 7.87. The van der Waals surface area contributed by atoms with E-state index in [1.807, 2.05) is 13.0 Å². The second-order valence-electron chi connectivity index (χ2n) is 7.48. The molecule has 3 N–H and O–H groups in total. The van der Waals surface area contributed by atoms with Crippen LogP contribution in [-0.4, -0.2) is 37.1 Å². The van der Waals surface area contributed by atoms with Gasteiger partial charge in [-0.3, -0.25) is 24.6 Å². The van der Waals surface area contributed by atoms with Gasteiger partial charge in [0.05, 0.1) is 35.2 Å². The van der Waals surface area contributed by atoms with Gasteiger partial charge in [0.1, 0.15) is 11.4 Å². The molecule has 1 atom stereocenters. The number of nitro benzene ring substituents is 1. The first-order chi connectivity index (χ1) is 16.6. The molecule has 12 heteroatoms. The van der Waals surface area contributed by atoms with E-state index in [9.17, 15) is 23.3 Å². The Bertz CT molecular complexity index is 1330. The van der Waals surface area contributed by atoms with Crippen molar-refractivity contribution >= 4 is 38.7 Å². The number of methoxy groups -OCH3 is 1. The first-order valence-electron chi connectivity index (χ1n) is 10.6. The zero-order chi connectivity index (χ0) is 25.6. The summed E-state index contributed by atoms with van der Waals surface area (Å²) in [6, 6.07) is 13.6. The van der Waals surface area contributed by atoms with Gasteiger partial charge in [-0.15, -0.1) is 0 Å². The number of carbonyl (C=O) groups excluding carboxylic acids is 1. The fourth-order valence-corrected chi connectivity index (χ4v) is 3.83. The van der Waals surface area contributed by atoms with Crippen LogP contribution in [0.25, 0.3) is 0 Å². The topological polar surface area (TPSA) is 153 Å². The van der Waals surface area contributed by atoms with Gasteiger partial charge in [0, 0.05) is 29.6 Å². The molecule has 0 radical (unpaired) electrons. The van der Waals surface area contributed by atoms with E-state index < -0.39 is 20.9 Å². The number of amides is 1. The molecule has 0 spiro atoms. The summed E-state index contributed by atoms with van der Waals surface area (Å²) >= 11 is 0. The molecule has 0 aliphatic carbocycles. The second kappa shape index (κ2) is 10.8. The van der Waals surface area contributed by atoms with Gasteiger partial charge >= 0.3 is 0 Å². The molecule has 3 aromatic rings. The molecule has 2 aromatic carbocycles. The number of nitrogens with zero attached hydrogens (tertiary/aromatic N) is 2. The summed E-state index contributed by atoms with van der Waals surface area (Å²) in [5.74, 6) is -0.492. The van der Waals surface area contributed by atoms with Crippen molar-refractivity contribution in [3.8, 4) is 5.75 Å². The Morgan fingerprint density at radius 3 is 2.51 bits per heavy atom. The van der Waals surface area contributed by atoms with Crippen molar-refractivity contribution < 1.29 is 22.9 Å². The number of pyridine rings is 1. The van der Waals surface area contributed by atoms with Crippen LogP contribution < -0.4 is 20.1 Å². The van der Waals surface area contributed by atoms with Gasteiger partial charge in [-0.25, -0.2) is 8.42 Å². The number of sulfonamides is 1. The third-order valence-corrected chi connectivity index (χ3v) is 6.36. The fourth-order valence-electron chi connectivity index (χ4n) is 3.18. The zero-order valence-electron chi connectivity index (χ0n) is 19.3. The van der Waals surface area contributed by atoms with E-state index in [4.69, 9.17) is 4.74 Å². The number of aromatic nitrogens is 1. The summed E-state index contributed by atoms with van der Waals surface area (Å²) in [7, 11) is -2.15. The number of anilines is 3. The van der Waals surface area contributed by atoms with E-state index in [0.29, 0.717) is 11.4 Å². The minimum atomic E-state index is -3.52. The van der Waals surface area contributed by atoms with E-state index in [1.54, 1.807) is 18.3 Å². The summed E-state index contributed by atoms with van der Waals surface area (Å²) in [6.07, 6.45) is 1.63. The number of nitrogens with one attached hydrogen (secondary N) is 3. The Hall–Kier alpha value is -4.19. The molecule has 0 saturated heterocycles. The third-order valence-electron chi connectivity index (χ3n) is 5.06. The highest BCUT2D eigenvalue weighted by Gasteiger charge is 2.20. The average Bonchev–Trinajstić information content (AvgIpc) is 2.85. The maximum absolute atomic E-state index is 12.8. The fraction of sp³-hybridized carbons (Fsp3) is 0.217. The Labute approximate surface area is 202 Å². The molecular weight excluding hydrogens is 474 g/mol. The number of rotatable bonds is 10. The van der Waals surface area contributed by atoms with Crippen LogP contribution in [0.1, 0.15) is 35.9 Å². The second-order valence-corrected chi connectivity index (χ2v) is 9.50. The predicted octanol–water partition coefficient (Wildman–Crippen LogP) is 4.19. The monoisotopic (exact) mass is 499 g/mol. The first-order valence-corrected chi connectivity index (χ1v) is 12.2. The molecule has 184 valence electrons. The molecule has 35 heavy (non-hydrogen) atoms. The van der Waals surface area contributed by atoms with Crippen molar-refractivity contribution in [1.29, 1.82) is 0 Å². The lowest BCUT2D eigenvalue weighted by Gasteiger charge is -2.15. The van der Waals surface area contributed by atoms with E-state index in [1.165, 1.54) is 50.4 Å². The average molecular weight is 500 g/mol. The number of benzene rings is 2. The SMILES string of the molecule is CCS(=O)(=O)Nc1ccc(NC(=O)c2ccc(NC(C)c3ccccn3)c([N+](=O)[O-])c2)cc1OC. The van der Waals surface area contributed by atoms with Crippen LogP contribution in [0.15, 0.2) is 60.8 Å². The van der Waals surface area contributed by atoms with Crippen LogP contribution in [0.2, 0.25) is 0 Å². The van der Waals surface area contributed by atoms with E-state index in [2.05, 4.69) is 20.3 Å². The highest BCUT2D eigenvalue weighted by atomic mass is 32.2. The minimum absolute atomic E-state index is 0.0717. The molecule has 0 saturated carbocycles. The number of carbonyl (C=O) groups is 1. The van der Waals surface area contributed by atoms with Crippen molar-refractivity contribution in [3.63, 3.8) is 0 Å². The molecule has 3 rings (SSSR count). The van der Waals surface area contributed by atoms with Gasteiger partial charge in [0.15, 0.2) is 0 Å². The molecule has 0 fully saturated rings. The highest BCUT2D eigenvalue weighted by molar-refractivity contribution is 7.92. The smallest absolute Gasteiger partial charge is 0.293 e. The normalized spacial score (nSPS) is 11.9. The van der Waals surface area contributed by atoms with Crippen molar-refractivity contribution in [2.45, 2.75) is 19.9 Å². The van der Waals surface area contributed by atoms with Crippen LogP contribution >= 0.6 is 0 Å².